The van der Waals surface area contributed by atoms with E-state index in [1.165, 1.54) is 37.4 Å². The minimum Gasteiger partial charge on any atom is -0.481 e. The van der Waals surface area contributed by atoms with E-state index in [1.54, 1.807) is 0 Å². The lowest BCUT2D eigenvalue weighted by Gasteiger charge is -2.08. The summed E-state index contributed by atoms with van der Waals surface area (Å²) in [5, 5.41) is 0. The van der Waals surface area contributed by atoms with Crippen LogP contribution in [0.5, 0.6) is 5.88 Å². The number of nitrogens with zero attached hydrogens (tertiary/aromatic N) is 1. The SMILES string of the molecule is COc1cc(NS(=O)(=O)c2ccc(N)cc2)[nH]c(=O)n1. The quantitative estimate of drug-likeness (QED) is 0.690. The lowest BCUT2D eigenvalue weighted by Crippen LogP contribution is -2.19. The molecule has 0 saturated heterocycles. The second-order valence-corrected chi connectivity index (χ2v) is 5.50. The van der Waals surface area contributed by atoms with Gasteiger partial charge in [-0.1, -0.05) is 0 Å². The number of nitrogen functional groups attached to an aromatic ring is 1. The number of aromatic nitrogens is 2. The first-order valence-corrected chi connectivity index (χ1v) is 6.93. The minimum atomic E-state index is -3.83. The molecule has 0 radical (unpaired) electrons. The second kappa shape index (κ2) is 5.21. The van der Waals surface area contributed by atoms with E-state index in [-0.39, 0.29) is 16.6 Å². The van der Waals surface area contributed by atoms with Crippen molar-refractivity contribution >= 4 is 21.5 Å². The smallest absolute Gasteiger partial charge is 0.349 e. The summed E-state index contributed by atoms with van der Waals surface area (Å²) >= 11 is 0. The number of ether oxygens (including phenoxy) is 1. The van der Waals surface area contributed by atoms with Crippen LogP contribution in [0.2, 0.25) is 0 Å². The van der Waals surface area contributed by atoms with Gasteiger partial charge in [-0.3, -0.25) is 9.71 Å². The Kier molecular flexibility index (Phi) is 3.61. The van der Waals surface area contributed by atoms with Crippen molar-refractivity contribution in [3.63, 3.8) is 0 Å². The van der Waals surface area contributed by atoms with E-state index in [0.29, 0.717) is 5.69 Å². The molecule has 0 saturated carbocycles. The molecule has 20 heavy (non-hydrogen) atoms. The normalized spacial score (nSPS) is 11.1. The summed E-state index contributed by atoms with van der Waals surface area (Å²) < 4.78 is 31.2. The number of anilines is 2. The third-order valence-electron chi connectivity index (χ3n) is 2.37. The van der Waals surface area contributed by atoms with Gasteiger partial charge in [0.15, 0.2) is 0 Å². The Morgan fingerprint density at radius 2 is 1.95 bits per heavy atom. The highest BCUT2D eigenvalue weighted by Crippen LogP contribution is 2.16. The van der Waals surface area contributed by atoms with Crippen LogP contribution < -0.4 is 20.9 Å². The molecular formula is C11H12N4O4S. The van der Waals surface area contributed by atoms with Gasteiger partial charge >= 0.3 is 5.69 Å². The van der Waals surface area contributed by atoms with E-state index in [1.807, 2.05) is 0 Å². The van der Waals surface area contributed by atoms with Crippen LogP contribution in [-0.2, 0) is 10.0 Å². The fraction of sp³-hybridized carbons (Fsp3) is 0.0909. The number of methoxy groups -OCH3 is 1. The monoisotopic (exact) mass is 296 g/mol. The van der Waals surface area contributed by atoms with E-state index < -0.39 is 15.7 Å². The van der Waals surface area contributed by atoms with Crippen LogP contribution in [0.3, 0.4) is 0 Å². The van der Waals surface area contributed by atoms with Crippen LogP contribution in [-0.4, -0.2) is 25.5 Å². The van der Waals surface area contributed by atoms with Crippen LogP contribution in [0.15, 0.2) is 40.0 Å². The van der Waals surface area contributed by atoms with Gasteiger partial charge in [-0.2, -0.15) is 4.98 Å². The molecule has 8 nitrogen and oxygen atoms in total. The Morgan fingerprint density at radius 1 is 1.30 bits per heavy atom. The van der Waals surface area contributed by atoms with Crippen LogP contribution in [0.4, 0.5) is 11.5 Å². The largest absolute Gasteiger partial charge is 0.481 e. The molecule has 2 aromatic rings. The molecule has 4 N–H and O–H groups in total. The third kappa shape index (κ3) is 3.06. The van der Waals surface area contributed by atoms with Crippen LogP contribution in [0, 0.1) is 0 Å². The zero-order valence-electron chi connectivity index (χ0n) is 10.5. The first-order chi connectivity index (χ1) is 9.40. The van der Waals surface area contributed by atoms with Crippen molar-refractivity contribution in [2.45, 2.75) is 4.90 Å². The highest BCUT2D eigenvalue weighted by molar-refractivity contribution is 7.92. The molecule has 106 valence electrons. The van der Waals surface area contributed by atoms with Gasteiger partial charge in [0.2, 0.25) is 5.88 Å². The molecule has 1 aromatic heterocycles. The molecule has 1 aromatic carbocycles. The lowest BCUT2D eigenvalue weighted by molar-refractivity contribution is 0.395. The molecule has 0 bridgehead atoms. The van der Waals surface area contributed by atoms with E-state index in [0.717, 1.165) is 0 Å². The van der Waals surface area contributed by atoms with Gasteiger partial charge in [0, 0.05) is 11.8 Å². The van der Waals surface area contributed by atoms with Gasteiger partial charge in [-0.25, -0.2) is 13.2 Å². The highest BCUT2D eigenvalue weighted by Gasteiger charge is 2.15. The number of aromatic amines is 1. The van der Waals surface area contributed by atoms with Gasteiger partial charge in [0.1, 0.15) is 5.82 Å². The number of H-pyrrole nitrogens is 1. The van der Waals surface area contributed by atoms with Crippen LogP contribution >= 0.6 is 0 Å². The van der Waals surface area contributed by atoms with Gasteiger partial charge in [0.25, 0.3) is 10.0 Å². The van der Waals surface area contributed by atoms with Crippen LogP contribution in [0.1, 0.15) is 0 Å². The molecule has 0 atom stereocenters. The molecule has 0 aliphatic carbocycles. The molecule has 0 aliphatic heterocycles. The maximum Gasteiger partial charge on any atom is 0.349 e. The lowest BCUT2D eigenvalue weighted by atomic mass is 10.3. The van der Waals surface area contributed by atoms with Gasteiger partial charge in [-0.15, -0.1) is 0 Å². The predicted molar refractivity (Wildman–Crippen MR) is 73.1 cm³/mol. The van der Waals surface area contributed by atoms with Crippen molar-refractivity contribution in [1.29, 1.82) is 0 Å². The Bertz CT molecular complexity index is 768. The first kappa shape index (κ1) is 13.9. The summed E-state index contributed by atoms with van der Waals surface area (Å²) in [6.07, 6.45) is 0. The Labute approximate surface area is 114 Å². The molecule has 0 amide bonds. The first-order valence-electron chi connectivity index (χ1n) is 5.44. The fourth-order valence-corrected chi connectivity index (χ4v) is 2.46. The standard InChI is InChI=1S/C11H12N4O4S/c1-19-10-6-9(13-11(16)14-10)15-20(17,18)8-4-2-7(12)3-5-8/h2-6H,12H2,1H3,(H2,13,14,15,16). The molecule has 0 fully saturated rings. The summed E-state index contributed by atoms with van der Waals surface area (Å²) in [5.41, 5.74) is 5.22. The zero-order chi connectivity index (χ0) is 14.8. The Balaban J connectivity index is 2.35. The molecular weight excluding hydrogens is 284 g/mol. The van der Waals surface area contributed by atoms with Gasteiger partial charge in [0.05, 0.1) is 12.0 Å². The molecule has 0 spiro atoms. The van der Waals surface area contributed by atoms with E-state index in [2.05, 4.69) is 14.7 Å². The van der Waals surface area contributed by atoms with Gasteiger partial charge < -0.3 is 10.5 Å². The number of hydrogen-bond acceptors (Lipinski definition) is 6. The van der Waals surface area contributed by atoms with E-state index >= 15 is 0 Å². The molecule has 0 unspecified atom stereocenters. The van der Waals surface area contributed by atoms with Crippen molar-refractivity contribution in [3.05, 3.63) is 40.8 Å². The number of nitrogens with one attached hydrogen (secondary N) is 2. The van der Waals surface area contributed by atoms with E-state index in [9.17, 15) is 13.2 Å². The summed E-state index contributed by atoms with van der Waals surface area (Å²) in [4.78, 5) is 17.0. The maximum absolute atomic E-state index is 12.1. The second-order valence-electron chi connectivity index (χ2n) is 3.82. The van der Waals surface area contributed by atoms with E-state index in [4.69, 9.17) is 10.5 Å². The Hall–Kier alpha value is -2.55. The third-order valence-corrected chi connectivity index (χ3v) is 3.75. The van der Waals surface area contributed by atoms with Crippen molar-refractivity contribution in [2.75, 3.05) is 17.6 Å². The van der Waals surface area contributed by atoms with Crippen molar-refractivity contribution < 1.29 is 13.2 Å². The average Bonchev–Trinajstić information content (AvgIpc) is 2.37. The highest BCUT2D eigenvalue weighted by atomic mass is 32.2. The number of rotatable bonds is 4. The molecule has 9 heteroatoms. The predicted octanol–water partition coefficient (Wildman–Crippen LogP) is 0.161. The summed E-state index contributed by atoms with van der Waals surface area (Å²) in [5.74, 6) is -0.0394. The molecule has 1 heterocycles. The number of benzene rings is 1. The molecule has 2 rings (SSSR count). The van der Waals surface area contributed by atoms with Crippen molar-refractivity contribution in [1.82, 2.24) is 9.97 Å². The Morgan fingerprint density at radius 3 is 2.55 bits per heavy atom. The maximum atomic E-state index is 12.1. The topological polar surface area (TPSA) is 127 Å². The number of hydrogen-bond donors (Lipinski definition) is 3. The average molecular weight is 296 g/mol. The zero-order valence-corrected chi connectivity index (χ0v) is 11.3. The molecule has 0 aliphatic rings. The minimum absolute atomic E-state index is 0.00348. The summed E-state index contributed by atoms with van der Waals surface area (Å²) in [6, 6.07) is 6.90. The number of nitrogens with two attached hydrogens (primary N) is 1. The van der Waals surface area contributed by atoms with Crippen LogP contribution in [0.25, 0.3) is 0 Å². The summed E-state index contributed by atoms with van der Waals surface area (Å²) in [7, 11) is -2.51. The van der Waals surface area contributed by atoms with Crippen molar-refractivity contribution in [2.24, 2.45) is 0 Å². The van der Waals surface area contributed by atoms with Crippen molar-refractivity contribution in [3.8, 4) is 5.88 Å². The fourth-order valence-electron chi connectivity index (χ4n) is 1.45. The van der Waals surface area contributed by atoms with Gasteiger partial charge in [-0.05, 0) is 24.3 Å². The number of sulfonamides is 1. The summed E-state index contributed by atoms with van der Waals surface area (Å²) in [6.45, 7) is 0.